The van der Waals surface area contributed by atoms with Gasteiger partial charge in [0.15, 0.2) is 0 Å². The SMILES string of the molecule is CCCc1nc2ccccc2c(=O)n1CCO. The highest BCUT2D eigenvalue weighted by Crippen LogP contribution is 2.09. The lowest BCUT2D eigenvalue weighted by Crippen LogP contribution is -2.26. The molecule has 1 aromatic heterocycles. The molecule has 2 rings (SSSR count). The largest absolute Gasteiger partial charge is 0.395 e. The maximum atomic E-state index is 12.2. The van der Waals surface area contributed by atoms with Crippen molar-refractivity contribution in [3.63, 3.8) is 0 Å². The van der Waals surface area contributed by atoms with Crippen molar-refractivity contribution in [1.29, 1.82) is 0 Å². The molecule has 0 radical (unpaired) electrons. The molecule has 0 saturated carbocycles. The number of benzene rings is 1. The number of aryl methyl sites for hydroxylation is 1. The van der Waals surface area contributed by atoms with Crippen molar-refractivity contribution in [3.8, 4) is 0 Å². The molecule has 0 aliphatic rings. The van der Waals surface area contributed by atoms with Crippen LogP contribution in [0, 0.1) is 0 Å². The van der Waals surface area contributed by atoms with E-state index in [9.17, 15) is 4.79 Å². The summed E-state index contributed by atoms with van der Waals surface area (Å²) in [7, 11) is 0. The van der Waals surface area contributed by atoms with E-state index in [4.69, 9.17) is 5.11 Å². The lowest BCUT2D eigenvalue weighted by molar-refractivity contribution is 0.271. The first-order valence-corrected chi connectivity index (χ1v) is 5.87. The molecule has 90 valence electrons. The number of aliphatic hydroxyl groups is 1. The van der Waals surface area contributed by atoms with Crippen molar-refractivity contribution in [2.45, 2.75) is 26.3 Å². The molecule has 0 amide bonds. The molecule has 0 atom stereocenters. The van der Waals surface area contributed by atoms with Gasteiger partial charge in [0.1, 0.15) is 5.82 Å². The first-order valence-electron chi connectivity index (χ1n) is 5.87. The van der Waals surface area contributed by atoms with Gasteiger partial charge in [0.05, 0.1) is 24.1 Å². The first-order chi connectivity index (χ1) is 8.27. The fourth-order valence-corrected chi connectivity index (χ4v) is 1.96. The van der Waals surface area contributed by atoms with E-state index < -0.39 is 0 Å². The van der Waals surface area contributed by atoms with Gasteiger partial charge < -0.3 is 5.11 Å². The second-order valence-corrected chi connectivity index (χ2v) is 3.98. The van der Waals surface area contributed by atoms with Gasteiger partial charge in [-0.3, -0.25) is 9.36 Å². The van der Waals surface area contributed by atoms with Gasteiger partial charge in [-0.1, -0.05) is 19.1 Å². The zero-order valence-electron chi connectivity index (χ0n) is 9.89. The maximum absolute atomic E-state index is 12.2. The Morgan fingerprint density at radius 2 is 2.12 bits per heavy atom. The van der Waals surface area contributed by atoms with Crippen LogP contribution in [-0.2, 0) is 13.0 Å². The first kappa shape index (κ1) is 11.8. The van der Waals surface area contributed by atoms with Gasteiger partial charge in [-0.25, -0.2) is 4.98 Å². The Morgan fingerprint density at radius 3 is 2.82 bits per heavy atom. The topological polar surface area (TPSA) is 55.1 Å². The van der Waals surface area contributed by atoms with Gasteiger partial charge in [-0.05, 0) is 18.6 Å². The van der Waals surface area contributed by atoms with E-state index in [0.717, 1.165) is 24.2 Å². The molecule has 0 spiro atoms. The number of rotatable bonds is 4. The molecule has 4 nitrogen and oxygen atoms in total. The maximum Gasteiger partial charge on any atom is 0.261 e. The van der Waals surface area contributed by atoms with E-state index in [1.54, 1.807) is 10.6 Å². The number of para-hydroxylation sites is 1. The molecule has 0 fully saturated rings. The zero-order valence-corrected chi connectivity index (χ0v) is 9.89. The normalized spacial score (nSPS) is 10.9. The summed E-state index contributed by atoms with van der Waals surface area (Å²) in [5.74, 6) is 0.755. The molecular weight excluding hydrogens is 216 g/mol. The molecule has 0 saturated heterocycles. The summed E-state index contributed by atoms with van der Waals surface area (Å²) >= 11 is 0. The Balaban J connectivity index is 2.69. The molecule has 17 heavy (non-hydrogen) atoms. The Labute approximate surface area is 99.5 Å². The summed E-state index contributed by atoms with van der Waals surface area (Å²) in [6, 6.07) is 7.32. The van der Waals surface area contributed by atoms with Gasteiger partial charge in [0.2, 0.25) is 0 Å². The lowest BCUT2D eigenvalue weighted by Gasteiger charge is -2.11. The highest BCUT2D eigenvalue weighted by molar-refractivity contribution is 5.77. The van der Waals surface area contributed by atoms with Crippen LogP contribution in [0.3, 0.4) is 0 Å². The van der Waals surface area contributed by atoms with Gasteiger partial charge in [-0.2, -0.15) is 0 Å². The fourth-order valence-electron chi connectivity index (χ4n) is 1.96. The molecule has 4 heteroatoms. The Hall–Kier alpha value is -1.68. The predicted octanol–water partition coefficient (Wildman–Crippen LogP) is 1.34. The minimum absolute atomic E-state index is 0.0450. The minimum Gasteiger partial charge on any atom is -0.395 e. The fraction of sp³-hybridized carbons (Fsp3) is 0.385. The van der Waals surface area contributed by atoms with Gasteiger partial charge >= 0.3 is 0 Å². The minimum atomic E-state index is -0.0619. The second kappa shape index (κ2) is 5.10. The number of fused-ring (bicyclic) bond motifs is 1. The number of hydrogen-bond acceptors (Lipinski definition) is 3. The molecule has 1 aromatic carbocycles. The van der Waals surface area contributed by atoms with Crippen LogP contribution in [-0.4, -0.2) is 21.3 Å². The highest BCUT2D eigenvalue weighted by Gasteiger charge is 2.09. The quantitative estimate of drug-likeness (QED) is 0.865. The van der Waals surface area contributed by atoms with Gasteiger partial charge in [0, 0.05) is 6.42 Å². The summed E-state index contributed by atoms with van der Waals surface area (Å²) in [6.07, 6.45) is 1.68. The lowest BCUT2D eigenvalue weighted by atomic mass is 10.2. The summed E-state index contributed by atoms with van der Waals surface area (Å²) in [5, 5.41) is 9.63. The van der Waals surface area contributed by atoms with E-state index in [2.05, 4.69) is 4.98 Å². The van der Waals surface area contributed by atoms with Crippen LogP contribution in [0.25, 0.3) is 10.9 Å². The standard InChI is InChI=1S/C13H16N2O2/c1-2-5-12-14-11-7-4-3-6-10(11)13(17)15(12)8-9-16/h3-4,6-7,16H,2,5,8-9H2,1H3. The van der Waals surface area contributed by atoms with Crippen LogP contribution in [0.2, 0.25) is 0 Å². The smallest absolute Gasteiger partial charge is 0.261 e. The molecule has 0 aliphatic carbocycles. The molecule has 1 N–H and O–H groups in total. The predicted molar refractivity (Wildman–Crippen MR) is 67.1 cm³/mol. The van der Waals surface area contributed by atoms with Crippen molar-refractivity contribution in [3.05, 3.63) is 40.4 Å². The molecular formula is C13H16N2O2. The van der Waals surface area contributed by atoms with E-state index in [1.165, 1.54) is 0 Å². The van der Waals surface area contributed by atoms with Gasteiger partial charge in [-0.15, -0.1) is 0 Å². The van der Waals surface area contributed by atoms with Crippen LogP contribution in [0.15, 0.2) is 29.1 Å². The summed E-state index contributed by atoms with van der Waals surface area (Å²) in [6.45, 7) is 2.31. The highest BCUT2D eigenvalue weighted by atomic mass is 16.3. The molecule has 0 aliphatic heterocycles. The van der Waals surface area contributed by atoms with Crippen molar-refractivity contribution in [2.75, 3.05) is 6.61 Å². The van der Waals surface area contributed by atoms with Crippen molar-refractivity contribution < 1.29 is 5.11 Å². The monoisotopic (exact) mass is 232 g/mol. The Kier molecular flexibility index (Phi) is 3.54. The van der Waals surface area contributed by atoms with Crippen LogP contribution < -0.4 is 5.56 Å². The van der Waals surface area contributed by atoms with Crippen molar-refractivity contribution >= 4 is 10.9 Å². The number of hydrogen-bond donors (Lipinski definition) is 1. The van der Waals surface area contributed by atoms with Crippen LogP contribution >= 0.6 is 0 Å². The van der Waals surface area contributed by atoms with E-state index in [1.807, 2.05) is 25.1 Å². The van der Waals surface area contributed by atoms with E-state index in [0.29, 0.717) is 11.9 Å². The van der Waals surface area contributed by atoms with Crippen LogP contribution in [0.4, 0.5) is 0 Å². The van der Waals surface area contributed by atoms with Crippen LogP contribution in [0.1, 0.15) is 19.2 Å². The van der Waals surface area contributed by atoms with Crippen molar-refractivity contribution in [1.82, 2.24) is 9.55 Å². The zero-order chi connectivity index (χ0) is 12.3. The third-order valence-electron chi connectivity index (χ3n) is 2.74. The van der Waals surface area contributed by atoms with E-state index >= 15 is 0 Å². The summed E-state index contributed by atoms with van der Waals surface area (Å²) in [5.41, 5.74) is 0.670. The molecule has 0 unspecified atom stereocenters. The van der Waals surface area contributed by atoms with Crippen LogP contribution in [0.5, 0.6) is 0 Å². The summed E-state index contributed by atoms with van der Waals surface area (Å²) < 4.78 is 1.58. The average molecular weight is 232 g/mol. The Morgan fingerprint density at radius 1 is 1.35 bits per heavy atom. The Bertz CT molecular complexity index is 575. The second-order valence-electron chi connectivity index (χ2n) is 3.98. The number of aliphatic hydroxyl groups excluding tert-OH is 1. The molecule has 0 bridgehead atoms. The molecule has 2 aromatic rings. The van der Waals surface area contributed by atoms with Crippen molar-refractivity contribution in [2.24, 2.45) is 0 Å². The third-order valence-corrected chi connectivity index (χ3v) is 2.74. The summed E-state index contributed by atoms with van der Waals surface area (Å²) in [4.78, 5) is 16.7. The average Bonchev–Trinajstić information content (AvgIpc) is 2.34. The molecule has 1 heterocycles. The van der Waals surface area contributed by atoms with Gasteiger partial charge in [0.25, 0.3) is 5.56 Å². The van der Waals surface area contributed by atoms with E-state index in [-0.39, 0.29) is 12.2 Å². The number of aromatic nitrogens is 2. The third kappa shape index (κ3) is 2.22. The number of nitrogens with zero attached hydrogens (tertiary/aromatic N) is 2.